The summed E-state index contributed by atoms with van der Waals surface area (Å²) in [5, 5.41) is 8.54. The largest absolute Gasteiger partial charge is 0.480 e. The Morgan fingerprint density at radius 1 is 1.73 bits per heavy atom. The van der Waals surface area contributed by atoms with Gasteiger partial charge in [0, 0.05) is 0 Å². The fraction of sp³-hybridized carbons (Fsp3) is 0.583. The molecule has 0 amide bonds. The highest BCUT2D eigenvalue weighted by atomic mass is 16.5. The van der Waals surface area contributed by atoms with E-state index in [2.05, 4.69) is 12.7 Å². The lowest BCUT2D eigenvalue weighted by atomic mass is 9.84. The van der Waals surface area contributed by atoms with E-state index in [9.17, 15) is 4.79 Å². The highest BCUT2D eigenvalue weighted by molar-refractivity contribution is 5.68. The Morgan fingerprint density at radius 3 is 2.93 bits per heavy atom. The maximum Gasteiger partial charge on any atom is 0.329 e. The number of carbonyl (C=O) groups is 1. The first-order valence-corrected chi connectivity index (χ1v) is 5.16. The van der Waals surface area contributed by atoms with Gasteiger partial charge in [0.1, 0.15) is 6.61 Å². The van der Waals surface area contributed by atoms with E-state index in [1.165, 1.54) is 0 Å². The van der Waals surface area contributed by atoms with E-state index in [4.69, 9.17) is 9.84 Å². The van der Waals surface area contributed by atoms with Gasteiger partial charge >= 0.3 is 5.97 Å². The average molecular weight is 210 g/mol. The topological polar surface area (TPSA) is 46.5 Å². The molecule has 15 heavy (non-hydrogen) atoms. The van der Waals surface area contributed by atoms with E-state index in [1.807, 2.05) is 13.8 Å². The second-order valence-electron chi connectivity index (χ2n) is 4.16. The van der Waals surface area contributed by atoms with Crippen LogP contribution < -0.4 is 0 Å². The summed E-state index contributed by atoms with van der Waals surface area (Å²) in [6.07, 6.45) is 3.91. The Labute approximate surface area is 90.4 Å². The van der Waals surface area contributed by atoms with Crippen molar-refractivity contribution in [2.45, 2.75) is 32.8 Å². The summed E-state index contributed by atoms with van der Waals surface area (Å²) in [6, 6.07) is 0. The van der Waals surface area contributed by atoms with Crippen LogP contribution >= 0.6 is 0 Å². The fourth-order valence-corrected chi connectivity index (χ4v) is 1.77. The molecule has 0 spiro atoms. The lowest BCUT2D eigenvalue weighted by Gasteiger charge is -2.28. The predicted molar refractivity (Wildman–Crippen MR) is 58.7 cm³/mol. The van der Waals surface area contributed by atoms with Crippen molar-refractivity contribution in [3.05, 3.63) is 23.8 Å². The van der Waals surface area contributed by atoms with Crippen LogP contribution in [0.1, 0.15) is 26.7 Å². The van der Waals surface area contributed by atoms with E-state index in [1.54, 1.807) is 0 Å². The molecule has 0 fully saturated rings. The van der Waals surface area contributed by atoms with Crippen molar-refractivity contribution in [2.75, 3.05) is 6.61 Å². The van der Waals surface area contributed by atoms with Crippen molar-refractivity contribution >= 4 is 5.97 Å². The zero-order valence-electron chi connectivity index (χ0n) is 9.32. The first kappa shape index (κ1) is 12.0. The fourth-order valence-electron chi connectivity index (χ4n) is 1.77. The number of carboxylic acid groups (broad SMARTS) is 1. The quantitative estimate of drug-likeness (QED) is 0.725. The summed E-state index contributed by atoms with van der Waals surface area (Å²) < 4.78 is 5.33. The van der Waals surface area contributed by atoms with Gasteiger partial charge in [0.05, 0.1) is 6.10 Å². The molecule has 0 aromatic carbocycles. The van der Waals surface area contributed by atoms with Gasteiger partial charge in [-0.1, -0.05) is 18.2 Å². The number of hydrogen-bond donors (Lipinski definition) is 1. The number of hydrogen-bond acceptors (Lipinski definition) is 2. The van der Waals surface area contributed by atoms with E-state index in [-0.39, 0.29) is 12.7 Å². The summed E-state index contributed by atoms with van der Waals surface area (Å²) in [6.45, 7) is 7.70. The van der Waals surface area contributed by atoms with Crippen LogP contribution in [0.3, 0.4) is 0 Å². The molecule has 0 bridgehead atoms. The highest BCUT2D eigenvalue weighted by Crippen LogP contribution is 2.29. The van der Waals surface area contributed by atoms with Crippen LogP contribution in [0.15, 0.2) is 23.8 Å². The minimum absolute atomic E-state index is 0.0588. The Morgan fingerprint density at radius 2 is 2.40 bits per heavy atom. The zero-order chi connectivity index (χ0) is 11.4. The van der Waals surface area contributed by atoms with Gasteiger partial charge in [-0.05, 0) is 38.2 Å². The Kier molecular flexibility index (Phi) is 4.09. The second kappa shape index (κ2) is 5.12. The second-order valence-corrected chi connectivity index (χ2v) is 4.16. The van der Waals surface area contributed by atoms with Crippen molar-refractivity contribution in [2.24, 2.45) is 5.92 Å². The molecule has 0 heterocycles. The molecule has 1 rings (SSSR count). The lowest BCUT2D eigenvalue weighted by molar-refractivity contribution is -0.143. The van der Waals surface area contributed by atoms with Crippen molar-refractivity contribution in [1.82, 2.24) is 0 Å². The number of ether oxygens (including phenoxy) is 1. The van der Waals surface area contributed by atoms with Gasteiger partial charge < -0.3 is 9.84 Å². The van der Waals surface area contributed by atoms with Gasteiger partial charge in [-0.25, -0.2) is 4.79 Å². The summed E-state index contributed by atoms with van der Waals surface area (Å²) in [4.78, 5) is 10.4. The molecular weight excluding hydrogens is 192 g/mol. The number of carboxylic acids is 1. The predicted octanol–water partition coefficient (Wildman–Crippen LogP) is 2.39. The molecule has 2 atom stereocenters. The maximum absolute atomic E-state index is 10.4. The van der Waals surface area contributed by atoms with Crippen LogP contribution in [0, 0.1) is 5.92 Å². The molecule has 0 radical (unpaired) electrons. The molecule has 1 aliphatic carbocycles. The third-order valence-electron chi connectivity index (χ3n) is 2.84. The van der Waals surface area contributed by atoms with Crippen LogP contribution in [-0.4, -0.2) is 23.8 Å². The highest BCUT2D eigenvalue weighted by Gasteiger charge is 2.23. The van der Waals surface area contributed by atoms with Crippen molar-refractivity contribution in [3.8, 4) is 0 Å². The molecule has 0 aromatic rings. The van der Waals surface area contributed by atoms with Crippen molar-refractivity contribution in [3.63, 3.8) is 0 Å². The summed E-state index contributed by atoms with van der Waals surface area (Å²) >= 11 is 0. The molecule has 1 N–H and O–H groups in total. The smallest absolute Gasteiger partial charge is 0.329 e. The van der Waals surface area contributed by atoms with Crippen LogP contribution in [0.2, 0.25) is 0 Å². The first-order valence-electron chi connectivity index (χ1n) is 5.16. The van der Waals surface area contributed by atoms with Gasteiger partial charge in [0.2, 0.25) is 0 Å². The maximum atomic E-state index is 10.4. The van der Waals surface area contributed by atoms with Crippen molar-refractivity contribution < 1.29 is 14.6 Å². The van der Waals surface area contributed by atoms with E-state index < -0.39 is 5.97 Å². The molecule has 84 valence electrons. The molecule has 0 saturated carbocycles. The molecule has 0 unspecified atom stereocenters. The molecule has 0 aromatic heterocycles. The van der Waals surface area contributed by atoms with Gasteiger partial charge in [-0.2, -0.15) is 0 Å². The molecule has 1 aliphatic rings. The van der Waals surface area contributed by atoms with E-state index in [0.717, 1.165) is 24.0 Å². The first-order chi connectivity index (χ1) is 7.00. The van der Waals surface area contributed by atoms with Crippen LogP contribution in [0.4, 0.5) is 0 Å². The normalized spacial score (nSPS) is 25.9. The van der Waals surface area contributed by atoms with Gasteiger partial charge in [-0.15, -0.1) is 0 Å². The van der Waals surface area contributed by atoms with E-state index in [0.29, 0.717) is 5.92 Å². The SMILES string of the molecule is C=C(C)[C@@H]1CC=C(C)[C@@H](OCC(=O)O)C1. The van der Waals surface area contributed by atoms with Gasteiger partial charge in [0.25, 0.3) is 0 Å². The number of allylic oxidation sites excluding steroid dienone is 2. The molecule has 0 aliphatic heterocycles. The Bertz CT molecular complexity index is 291. The standard InChI is InChI=1S/C12H18O3/c1-8(2)10-5-4-9(3)11(6-10)15-7-12(13)14/h4,10-11H,1,5-7H2,2-3H3,(H,13,14)/t10-,11+/m1/s1. The Balaban J connectivity index is 2.55. The van der Waals surface area contributed by atoms with Gasteiger partial charge in [-0.3, -0.25) is 0 Å². The lowest BCUT2D eigenvalue weighted by Crippen LogP contribution is -2.25. The molecular formula is C12H18O3. The zero-order valence-corrected chi connectivity index (χ0v) is 9.32. The minimum atomic E-state index is -0.916. The summed E-state index contributed by atoms with van der Waals surface area (Å²) in [7, 11) is 0. The molecule has 3 nitrogen and oxygen atoms in total. The van der Waals surface area contributed by atoms with E-state index >= 15 is 0 Å². The molecule has 0 saturated heterocycles. The van der Waals surface area contributed by atoms with Crippen LogP contribution in [-0.2, 0) is 9.53 Å². The number of aliphatic carboxylic acids is 1. The Hall–Kier alpha value is -1.09. The summed E-state index contributed by atoms with van der Waals surface area (Å²) in [5.41, 5.74) is 2.27. The minimum Gasteiger partial charge on any atom is -0.480 e. The van der Waals surface area contributed by atoms with Gasteiger partial charge in [0.15, 0.2) is 0 Å². The molecule has 3 heteroatoms. The third-order valence-corrected chi connectivity index (χ3v) is 2.84. The average Bonchev–Trinajstić information content (AvgIpc) is 2.16. The third kappa shape index (κ3) is 3.51. The van der Waals surface area contributed by atoms with Crippen molar-refractivity contribution in [1.29, 1.82) is 0 Å². The monoisotopic (exact) mass is 210 g/mol. The number of rotatable bonds is 4. The van der Waals surface area contributed by atoms with Crippen LogP contribution in [0.25, 0.3) is 0 Å². The van der Waals surface area contributed by atoms with Crippen LogP contribution in [0.5, 0.6) is 0 Å². The summed E-state index contributed by atoms with van der Waals surface area (Å²) in [5.74, 6) is -0.493.